The predicted octanol–water partition coefficient (Wildman–Crippen LogP) is 1.71. The Bertz CT molecular complexity index is 965. The summed E-state index contributed by atoms with van der Waals surface area (Å²) < 4.78 is 31.1. The number of hydrogen-bond acceptors (Lipinski definition) is 5. The summed E-state index contributed by atoms with van der Waals surface area (Å²) in [5.74, 6) is -0.497. The lowest BCUT2D eigenvalue weighted by atomic mass is 9.98. The maximum absolute atomic E-state index is 13.1. The Morgan fingerprint density at radius 2 is 2.10 bits per heavy atom. The van der Waals surface area contributed by atoms with E-state index in [9.17, 15) is 13.2 Å². The van der Waals surface area contributed by atoms with Crippen LogP contribution in [0.15, 0.2) is 23.4 Å². The average Bonchev–Trinajstić information content (AvgIpc) is 3.34. The first kappa shape index (κ1) is 21.5. The third-order valence-corrected chi connectivity index (χ3v) is 7.42. The highest BCUT2D eigenvalue weighted by Crippen LogP contribution is 2.26. The van der Waals surface area contributed by atoms with Gasteiger partial charge in [-0.15, -0.1) is 0 Å². The van der Waals surface area contributed by atoms with E-state index >= 15 is 0 Å². The van der Waals surface area contributed by atoms with Gasteiger partial charge in [-0.3, -0.25) is 14.2 Å². The molecule has 2 aromatic rings. The monoisotopic (exact) mass is 422 g/mol. The van der Waals surface area contributed by atoms with Gasteiger partial charge in [0.2, 0.25) is 15.9 Å². The van der Waals surface area contributed by atoms with Crippen molar-refractivity contribution in [3.05, 3.63) is 29.8 Å². The van der Waals surface area contributed by atoms with E-state index in [0.717, 1.165) is 12.2 Å². The van der Waals surface area contributed by atoms with Gasteiger partial charge >= 0.3 is 0 Å². The lowest BCUT2D eigenvalue weighted by Crippen LogP contribution is -2.46. The molecule has 29 heavy (non-hydrogen) atoms. The van der Waals surface area contributed by atoms with Crippen molar-refractivity contribution in [2.45, 2.75) is 64.6 Å². The number of amides is 1. The van der Waals surface area contributed by atoms with Crippen LogP contribution in [0.5, 0.6) is 0 Å². The Balaban J connectivity index is 1.71. The minimum atomic E-state index is -3.67. The summed E-state index contributed by atoms with van der Waals surface area (Å²) in [4.78, 5) is 13.1. The number of sulfonamides is 1. The highest BCUT2D eigenvalue weighted by Gasteiger charge is 2.35. The number of piperidine rings is 1. The van der Waals surface area contributed by atoms with Crippen LogP contribution in [0.4, 0.5) is 0 Å². The number of carbonyl (C=O) groups is 1. The fourth-order valence-corrected chi connectivity index (χ4v) is 5.50. The fourth-order valence-electron chi connectivity index (χ4n) is 3.81. The Morgan fingerprint density at radius 3 is 2.76 bits per heavy atom. The second-order valence-electron chi connectivity index (χ2n) is 7.44. The Kier molecular flexibility index (Phi) is 6.42. The molecule has 0 aliphatic carbocycles. The fraction of sp³-hybridized carbons (Fsp3) is 0.632. The van der Waals surface area contributed by atoms with E-state index < -0.39 is 10.0 Å². The summed E-state index contributed by atoms with van der Waals surface area (Å²) >= 11 is 0. The molecule has 0 aromatic carbocycles. The van der Waals surface area contributed by atoms with Gasteiger partial charge in [0.05, 0.1) is 23.3 Å². The van der Waals surface area contributed by atoms with Crippen molar-refractivity contribution in [1.82, 2.24) is 29.2 Å². The SMILES string of the molecule is CCn1cc(S(=O)(=O)N2CCC[C@@H](C(=O)N[C@@H](C)c3ccnn3CC)C2)c(C)n1. The van der Waals surface area contributed by atoms with Gasteiger partial charge in [0.15, 0.2) is 0 Å². The van der Waals surface area contributed by atoms with E-state index in [1.165, 1.54) is 4.31 Å². The Hall–Kier alpha value is -2.20. The molecule has 160 valence electrons. The van der Waals surface area contributed by atoms with E-state index in [-0.39, 0.29) is 29.3 Å². The van der Waals surface area contributed by atoms with Gasteiger partial charge in [-0.25, -0.2) is 8.42 Å². The summed E-state index contributed by atoms with van der Waals surface area (Å²) in [6.45, 7) is 9.46. The maximum Gasteiger partial charge on any atom is 0.246 e. The van der Waals surface area contributed by atoms with Crippen LogP contribution in [0.2, 0.25) is 0 Å². The number of aromatic nitrogens is 4. The first-order valence-electron chi connectivity index (χ1n) is 10.1. The number of rotatable bonds is 7. The standard InChI is InChI=1S/C19H30N6O3S/c1-5-23-13-18(15(4)22-23)29(27,28)24-11-7-8-16(12-24)19(26)21-14(3)17-9-10-20-25(17)6-2/h9-10,13-14,16H,5-8,11-12H2,1-4H3,(H,21,26)/t14-,16+/m0/s1. The molecule has 0 radical (unpaired) electrons. The van der Waals surface area contributed by atoms with Crippen LogP contribution in [0.25, 0.3) is 0 Å². The number of hydrogen-bond donors (Lipinski definition) is 1. The highest BCUT2D eigenvalue weighted by atomic mass is 32.2. The molecule has 9 nitrogen and oxygen atoms in total. The first-order chi connectivity index (χ1) is 13.8. The third-order valence-electron chi connectivity index (χ3n) is 5.45. The van der Waals surface area contributed by atoms with Crippen LogP contribution in [-0.2, 0) is 27.9 Å². The molecular weight excluding hydrogens is 392 g/mol. The Morgan fingerprint density at radius 1 is 1.34 bits per heavy atom. The molecule has 1 aliphatic rings. The van der Waals surface area contributed by atoms with E-state index in [1.54, 1.807) is 24.0 Å². The lowest BCUT2D eigenvalue weighted by Gasteiger charge is -2.31. The number of aryl methyl sites for hydroxylation is 3. The molecule has 3 rings (SSSR count). The van der Waals surface area contributed by atoms with Crippen molar-refractivity contribution in [2.24, 2.45) is 5.92 Å². The summed E-state index contributed by atoms with van der Waals surface area (Å²) in [6.07, 6.45) is 4.61. The van der Waals surface area contributed by atoms with Gasteiger partial charge in [0.1, 0.15) is 4.90 Å². The van der Waals surface area contributed by atoms with Crippen molar-refractivity contribution in [2.75, 3.05) is 13.1 Å². The minimum Gasteiger partial charge on any atom is -0.348 e. The zero-order valence-electron chi connectivity index (χ0n) is 17.5. The van der Waals surface area contributed by atoms with Gasteiger partial charge < -0.3 is 5.32 Å². The molecule has 1 saturated heterocycles. The minimum absolute atomic E-state index is 0.123. The first-order valence-corrected chi connectivity index (χ1v) is 11.6. The van der Waals surface area contributed by atoms with Gasteiger partial charge in [-0.05, 0) is 46.6 Å². The van der Waals surface area contributed by atoms with Crippen LogP contribution >= 0.6 is 0 Å². The molecule has 1 fully saturated rings. The van der Waals surface area contributed by atoms with E-state index in [0.29, 0.717) is 31.6 Å². The predicted molar refractivity (Wildman–Crippen MR) is 109 cm³/mol. The van der Waals surface area contributed by atoms with Gasteiger partial charge in [-0.2, -0.15) is 14.5 Å². The topological polar surface area (TPSA) is 102 Å². The quantitative estimate of drug-likeness (QED) is 0.732. The molecule has 1 amide bonds. The molecule has 1 aliphatic heterocycles. The van der Waals surface area contributed by atoms with Crippen molar-refractivity contribution in [3.8, 4) is 0 Å². The van der Waals surface area contributed by atoms with Gasteiger partial charge in [-0.1, -0.05) is 0 Å². The number of carbonyl (C=O) groups excluding carboxylic acids is 1. The Labute approximate surface area is 172 Å². The molecule has 3 heterocycles. The van der Waals surface area contributed by atoms with Gasteiger partial charge in [0, 0.05) is 38.6 Å². The van der Waals surface area contributed by atoms with Crippen molar-refractivity contribution in [3.63, 3.8) is 0 Å². The van der Waals surface area contributed by atoms with Crippen LogP contribution in [0.3, 0.4) is 0 Å². The van der Waals surface area contributed by atoms with Crippen molar-refractivity contribution < 1.29 is 13.2 Å². The van der Waals surface area contributed by atoms with Crippen molar-refractivity contribution >= 4 is 15.9 Å². The maximum atomic E-state index is 13.1. The van der Waals surface area contributed by atoms with E-state index in [1.807, 2.05) is 31.5 Å². The van der Waals surface area contributed by atoms with Crippen LogP contribution < -0.4 is 5.32 Å². The van der Waals surface area contributed by atoms with Crippen LogP contribution in [0.1, 0.15) is 51.0 Å². The third kappa shape index (κ3) is 4.37. The molecule has 10 heteroatoms. The molecule has 0 bridgehead atoms. The van der Waals surface area contributed by atoms with Crippen molar-refractivity contribution in [1.29, 1.82) is 0 Å². The summed E-state index contributed by atoms with van der Waals surface area (Å²) in [5, 5.41) is 11.5. The lowest BCUT2D eigenvalue weighted by molar-refractivity contribution is -0.126. The smallest absolute Gasteiger partial charge is 0.246 e. The normalized spacial score (nSPS) is 19.2. The number of nitrogens with one attached hydrogen (secondary N) is 1. The average molecular weight is 423 g/mol. The van der Waals surface area contributed by atoms with Crippen LogP contribution in [0, 0.1) is 12.8 Å². The number of nitrogens with zero attached hydrogens (tertiary/aromatic N) is 5. The zero-order valence-corrected chi connectivity index (χ0v) is 18.3. The summed E-state index contributed by atoms with van der Waals surface area (Å²) in [6, 6.07) is 1.70. The molecule has 0 spiro atoms. The molecule has 0 unspecified atom stereocenters. The second-order valence-corrected chi connectivity index (χ2v) is 9.35. The molecule has 0 saturated carbocycles. The zero-order chi connectivity index (χ0) is 21.2. The van der Waals surface area contributed by atoms with Gasteiger partial charge in [0.25, 0.3) is 0 Å². The summed E-state index contributed by atoms with van der Waals surface area (Å²) in [7, 11) is -3.67. The largest absolute Gasteiger partial charge is 0.348 e. The van der Waals surface area contributed by atoms with Crippen LogP contribution in [-0.4, -0.2) is 51.3 Å². The highest BCUT2D eigenvalue weighted by molar-refractivity contribution is 7.89. The van der Waals surface area contributed by atoms with E-state index in [2.05, 4.69) is 15.5 Å². The van der Waals surface area contributed by atoms with E-state index in [4.69, 9.17) is 0 Å². The summed E-state index contributed by atoms with van der Waals surface area (Å²) in [5.41, 5.74) is 1.42. The second kappa shape index (κ2) is 8.66. The molecule has 2 aromatic heterocycles. The molecular formula is C19H30N6O3S. The molecule has 2 atom stereocenters. The molecule has 1 N–H and O–H groups in total.